The molecule has 0 bridgehead atoms. The predicted octanol–water partition coefficient (Wildman–Crippen LogP) is 8.38. The van der Waals surface area contributed by atoms with Gasteiger partial charge in [-0.25, -0.2) is 9.97 Å². The summed E-state index contributed by atoms with van der Waals surface area (Å²) in [7, 11) is 0. The number of anilines is 1. The van der Waals surface area contributed by atoms with Gasteiger partial charge in [0.1, 0.15) is 12.1 Å². The van der Waals surface area contributed by atoms with Crippen LogP contribution in [0.2, 0.25) is 0 Å². The molecule has 6 aliphatic rings. The van der Waals surface area contributed by atoms with Gasteiger partial charge in [-0.1, -0.05) is 66.5 Å². The normalized spacial score (nSPS) is 47.2. The van der Waals surface area contributed by atoms with Gasteiger partial charge in [0.05, 0.1) is 5.69 Å². The van der Waals surface area contributed by atoms with Gasteiger partial charge in [-0.2, -0.15) is 0 Å². The maximum Gasteiger partial charge on any atom is 0.135 e. The maximum atomic E-state index is 5.04. The second-order valence-electron chi connectivity index (χ2n) is 16.1. The summed E-state index contributed by atoms with van der Waals surface area (Å²) in [6.45, 7) is 20.7. The second kappa shape index (κ2) is 8.32. The Balaban J connectivity index is 1.33. The molecule has 9 atom stereocenters. The van der Waals surface area contributed by atoms with E-state index in [9.17, 15) is 0 Å². The highest BCUT2D eigenvalue weighted by Crippen LogP contribution is 2.74. The summed E-state index contributed by atoms with van der Waals surface area (Å²) in [5, 5.41) is 0. The van der Waals surface area contributed by atoms with Gasteiger partial charge >= 0.3 is 0 Å². The molecule has 1 aromatic heterocycles. The molecular formula is C35H53N3. The Morgan fingerprint density at radius 1 is 0.868 bits per heavy atom. The topological polar surface area (TPSA) is 29.0 Å². The first kappa shape index (κ1) is 25.6. The number of allylic oxidation sites excluding steroid dienone is 2. The van der Waals surface area contributed by atoms with E-state index in [0.29, 0.717) is 16.7 Å². The van der Waals surface area contributed by atoms with Crippen LogP contribution in [0.4, 0.5) is 5.82 Å². The molecule has 7 rings (SSSR count). The second-order valence-corrected chi connectivity index (χ2v) is 16.1. The van der Waals surface area contributed by atoms with Crippen LogP contribution in [-0.4, -0.2) is 23.1 Å². The van der Waals surface area contributed by atoms with E-state index in [1.165, 1.54) is 81.3 Å². The van der Waals surface area contributed by atoms with Crippen LogP contribution in [0.25, 0.3) is 0 Å². The molecule has 0 N–H and O–H groups in total. The minimum Gasteiger partial charge on any atom is -0.356 e. The maximum absolute atomic E-state index is 5.04. The average molecular weight is 516 g/mol. The van der Waals surface area contributed by atoms with Gasteiger partial charge in [0.15, 0.2) is 0 Å². The van der Waals surface area contributed by atoms with Gasteiger partial charge in [-0.05, 0) is 110 Å². The Kier molecular flexibility index (Phi) is 5.60. The lowest BCUT2D eigenvalue weighted by Gasteiger charge is -2.70. The Bertz CT molecular complexity index is 1140. The fourth-order valence-corrected chi connectivity index (χ4v) is 12.2. The van der Waals surface area contributed by atoms with Gasteiger partial charge in [0.2, 0.25) is 0 Å². The van der Waals surface area contributed by atoms with E-state index in [0.717, 1.165) is 42.7 Å². The third-order valence-electron chi connectivity index (χ3n) is 14.5. The summed E-state index contributed by atoms with van der Waals surface area (Å²) in [6.07, 6.45) is 18.3. The van der Waals surface area contributed by atoms with Crippen LogP contribution >= 0.6 is 0 Å². The minimum atomic E-state index is 0.0942. The van der Waals surface area contributed by atoms with Crippen molar-refractivity contribution in [2.24, 2.45) is 51.8 Å². The van der Waals surface area contributed by atoms with Crippen molar-refractivity contribution in [3.63, 3.8) is 0 Å². The lowest BCUT2D eigenvalue weighted by atomic mass is 9.34. The van der Waals surface area contributed by atoms with Gasteiger partial charge in [0, 0.05) is 24.1 Å². The van der Waals surface area contributed by atoms with Gasteiger partial charge in [0.25, 0.3) is 0 Å². The molecular weight excluding hydrogens is 462 g/mol. The van der Waals surface area contributed by atoms with Crippen molar-refractivity contribution in [3.05, 3.63) is 29.2 Å². The SMILES string of the molecule is C[C@@H]1[C@H]2C3=CC[C@@H]4[C@@]5(C)Cc6c(N7CCCC7)ncnc6C(C)(C)[C@@H]5CC[C@@]4(C)[C@]3(C)CC[C@@H]2CC[C@H]1C. The molecule has 38 heavy (non-hydrogen) atoms. The molecule has 5 aliphatic carbocycles. The van der Waals surface area contributed by atoms with Crippen LogP contribution in [0, 0.1) is 51.8 Å². The molecule has 3 nitrogen and oxygen atoms in total. The van der Waals surface area contributed by atoms with Gasteiger partial charge < -0.3 is 4.90 Å². The van der Waals surface area contributed by atoms with E-state index in [2.05, 4.69) is 59.4 Å². The third-order valence-corrected chi connectivity index (χ3v) is 14.5. The average Bonchev–Trinajstić information content (AvgIpc) is 3.41. The summed E-state index contributed by atoms with van der Waals surface area (Å²) >= 11 is 0. The zero-order valence-corrected chi connectivity index (χ0v) is 25.4. The monoisotopic (exact) mass is 515 g/mol. The molecule has 1 saturated heterocycles. The largest absolute Gasteiger partial charge is 0.356 e. The highest BCUT2D eigenvalue weighted by atomic mass is 15.2. The zero-order valence-electron chi connectivity index (χ0n) is 25.4. The highest BCUT2D eigenvalue weighted by molar-refractivity contribution is 5.54. The Morgan fingerprint density at radius 2 is 1.63 bits per heavy atom. The standard InChI is InChI=1S/C35H53N3/c1-22-10-11-24-14-16-34(6)26(29(24)23(22)2)12-13-28-33(5)20-25-30(32(3,4)27(33)15-17-35(28,34)7)36-21-37-31(25)38-18-8-9-19-38/h12,21-24,27-29H,8-11,13-20H2,1-7H3/t22-,23+,24+,27+,28-,29-,33+,34-,35-/m1/s1. The zero-order chi connectivity index (χ0) is 26.7. The Morgan fingerprint density at radius 3 is 2.39 bits per heavy atom. The molecule has 0 aromatic carbocycles. The van der Waals surface area contributed by atoms with Crippen LogP contribution in [0.5, 0.6) is 0 Å². The van der Waals surface area contributed by atoms with Crippen LogP contribution < -0.4 is 4.90 Å². The number of hydrogen-bond donors (Lipinski definition) is 0. The van der Waals surface area contributed by atoms with Gasteiger partial charge in [-0.15, -0.1) is 0 Å². The molecule has 4 fully saturated rings. The molecule has 3 saturated carbocycles. The van der Waals surface area contributed by atoms with E-state index >= 15 is 0 Å². The summed E-state index contributed by atoms with van der Waals surface area (Å²) in [5.74, 6) is 6.18. The van der Waals surface area contributed by atoms with Crippen molar-refractivity contribution in [3.8, 4) is 0 Å². The van der Waals surface area contributed by atoms with E-state index in [4.69, 9.17) is 9.97 Å². The summed E-state index contributed by atoms with van der Waals surface area (Å²) in [5.41, 5.74) is 5.89. The van der Waals surface area contributed by atoms with Crippen LogP contribution in [0.3, 0.4) is 0 Å². The summed E-state index contributed by atoms with van der Waals surface area (Å²) in [6, 6.07) is 0. The van der Waals surface area contributed by atoms with E-state index in [-0.39, 0.29) is 10.8 Å². The van der Waals surface area contributed by atoms with E-state index < -0.39 is 0 Å². The lowest BCUT2D eigenvalue weighted by Crippen LogP contribution is -2.64. The molecule has 1 aliphatic heterocycles. The van der Waals surface area contributed by atoms with Crippen molar-refractivity contribution < 1.29 is 0 Å². The van der Waals surface area contributed by atoms with Crippen LogP contribution in [0.15, 0.2) is 18.0 Å². The van der Waals surface area contributed by atoms with Crippen molar-refractivity contribution in [1.29, 1.82) is 0 Å². The van der Waals surface area contributed by atoms with Crippen molar-refractivity contribution in [2.75, 3.05) is 18.0 Å². The fourth-order valence-electron chi connectivity index (χ4n) is 12.2. The van der Waals surface area contributed by atoms with Gasteiger partial charge in [-0.3, -0.25) is 0 Å². The molecule has 3 heteroatoms. The van der Waals surface area contributed by atoms with Crippen LogP contribution in [0.1, 0.15) is 118 Å². The quantitative estimate of drug-likeness (QED) is 0.352. The number of rotatable bonds is 1. The molecule has 0 radical (unpaired) electrons. The first-order valence-electron chi connectivity index (χ1n) is 16.3. The first-order chi connectivity index (χ1) is 18.0. The van der Waals surface area contributed by atoms with Crippen molar-refractivity contribution >= 4 is 5.82 Å². The van der Waals surface area contributed by atoms with Crippen molar-refractivity contribution in [1.82, 2.24) is 9.97 Å². The lowest BCUT2D eigenvalue weighted by molar-refractivity contribution is -0.153. The molecule has 0 amide bonds. The summed E-state index contributed by atoms with van der Waals surface area (Å²) in [4.78, 5) is 12.6. The summed E-state index contributed by atoms with van der Waals surface area (Å²) < 4.78 is 0. The molecule has 2 heterocycles. The van der Waals surface area contributed by atoms with Crippen molar-refractivity contribution in [2.45, 2.75) is 118 Å². The predicted molar refractivity (Wildman–Crippen MR) is 157 cm³/mol. The van der Waals surface area contributed by atoms with E-state index in [1.807, 2.05) is 11.9 Å². The Labute approximate surface area is 232 Å². The number of fused-ring (bicyclic) bond motifs is 8. The molecule has 0 spiro atoms. The highest BCUT2D eigenvalue weighted by Gasteiger charge is 2.67. The first-order valence-corrected chi connectivity index (χ1v) is 16.3. The van der Waals surface area contributed by atoms with Crippen LogP contribution in [-0.2, 0) is 11.8 Å². The fraction of sp³-hybridized carbons (Fsp3) is 0.829. The molecule has 208 valence electrons. The Hall–Kier alpha value is -1.38. The number of hydrogen-bond acceptors (Lipinski definition) is 3. The number of nitrogens with zero attached hydrogens (tertiary/aromatic N) is 3. The third kappa shape index (κ3) is 3.14. The smallest absolute Gasteiger partial charge is 0.135 e. The van der Waals surface area contributed by atoms with E-state index in [1.54, 1.807) is 0 Å². The molecule has 1 aromatic rings. The number of aromatic nitrogens is 2. The minimum absolute atomic E-state index is 0.0942. The molecule has 0 unspecified atom stereocenters.